The molecule has 1 unspecified atom stereocenters. The number of hydrogen-bond donors (Lipinski definition) is 2. The molecule has 0 spiro atoms. The van der Waals surface area contributed by atoms with Crippen LogP contribution in [-0.2, 0) is 22.6 Å². The van der Waals surface area contributed by atoms with Crippen LogP contribution in [0.1, 0.15) is 36.5 Å². The van der Waals surface area contributed by atoms with Gasteiger partial charge in [0.1, 0.15) is 23.7 Å². The summed E-state index contributed by atoms with van der Waals surface area (Å²) in [6.07, 6.45) is 4.04. The average Bonchev–Trinajstić information content (AvgIpc) is 3.23. The second kappa shape index (κ2) is 12.1. The maximum absolute atomic E-state index is 13.1. The van der Waals surface area contributed by atoms with Crippen molar-refractivity contribution in [1.29, 1.82) is 0 Å². The average molecular weight is 546 g/mol. The van der Waals surface area contributed by atoms with Crippen LogP contribution in [0.3, 0.4) is 0 Å². The molecular weight excluding hydrogens is 517 g/mol. The predicted molar refractivity (Wildman–Crippen MR) is 151 cm³/mol. The lowest BCUT2D eigenvalue weighted by Crippen LogP contribution is -2.53. The maximum atomic E-state index is 13.1. The minimum atomic E-state index is -1.47. The summed E-state index contributed by atoms with van der Waals surface area (Å²) in [5.74, 6) is -1.21. The molecule has 1 amide bonds. The van der Waals surface area contributed by atoms with Crippen LogP contribution in [-0.4, -0.2) is 22.5 Å². The first kappa shape index (κ1) is 27.9. The number of allylic oxidation sites excluding steroid dienone is 3. The normalized spacial score (nSPS) is 18.3. The number of amides is 1. The summed E-state index contributed by atoms with van der Waals surface area (Å²) in [7, 11) is 0. The second-order valence-corrected chi connectivity index (χ2v) is 9.93. The molecule has 7 heteroatoms. The van der Waals surface area contributed by atoms with E-state index in [9.17, 15) is 19.1 Å². The highest BCUT2D eigenvalue weighted by Crippen LogP contribution is 2.40. The van der Waals surface area contributed by atoms with Crippen molar-refractivity contribution in [1.82, 2.24) is 5.32 Å². The first-order chi connectivity index (χ1) is 18.7. The van der Waals surface area contributed by atoms with Crippen LogP contribution in [0.5, 0.6) is 5.75 Å². The van der Waals surface area contributed by atoms with Gasteiger partial charge in [-0.3, -0.25) is 4.79 Å². The molecule has 0 bridgehead atoms. The van der Waals surface area contributed by atoms with Gasteiger partial charge in [0, 0.05) is 17.9 Å². The van der Waals surface area contributed by atoms with Crippen LogP contribution in [0.25, 0.3) is 5.57 Å². The monoisotopic (exact) mass is 545 g/mol. The van der Waals surface area contributed by atoms with Crippen LogP contribution in [0, 0.1) is 5.82 Å². The number of rotatable bonds is 9. The van der Waals surface area contributed by atoms with Crippen LogP contribution in [0.4, 0.5) is 4.39 Å². The molecular formula is C32H29ClFNO4. The molecule has 0 saturated heterocycles. The third-order valence-corrected chi connectivity index (χ3v) is 7.01. The number of hydrogen-bond acceptors (Lipinski definition) is 3. The highest BCUT2D eigenvalue weighted by Gasteiger charge is 2.46. The van der Waals surface area contributed by atoms with Crippen LogP contribution in [0.2, 0.25) is 5.02 Å². The summed E-state index contributed by atoms with van der Waals surface area (Å²) >= 11 is 6.37. The van der Waals surface area contributed by atoms with Crippen molar-refractivity contribution < 1.29 is 23.8 Å². The minimum Gasteiger partial charge on any atom is -0.489 e. The molecule has 1 saturated carbocycles. The summed E-state index contributed by atoms with van der Waals surface area (Å²) in [5, 5.41) is 13.5. The van der Waals surface area contributed by atoms with Crippen molar-refractivity contribution in [2.75, 3.05) is 0 Å². The Morgan fingerprint density at radius 3 is 2.36 bits per heavy atom. The van der Waals surface area contributed by atoms with Crippen molar-refractivity contribution in [2.24, 2.45) is 0 Å². The standard InChI is InChI=1S/C32H29ClFNO4/c1-3-24(28-6-4-5-7-29(28)33)17-25-19-32(31(37)38,18-21(25)2)35-30(36)16-22-10-14-27(15-11-22)39-20-23-8-12-26(34)13-9-23/h3-15,17H,2,16,18-20H2,1H3,(H,35,36)(H,37,38)/b24-3+,25-17-. The second-order valence-electron chi connectivity index (χ2n) is 9.52. The van der Waals surface area contributed by atoms with Gasteiger partial charge in [-0.1, -0.05) is 72.8 Å². The van der Waals surface area contributed by atoms with Gasteiger partial charge in [0.25, 0.3) is 0 Å². The van der Waals surface area contributed by atoms with Crippen molar-refractivity contribution in [3.63, 3.8) is 0 Å². The van der Waals surface area contributed by atoms with Gasteiger partial charge in [0.05, 0.1) is 6.42 Å². The van der Waals surface area contributed by atoms with E-state index >= 15 is 0 Å². The zero-order valence-corrected chi connectivity index (χ0v) is 22.3. The number of benzene rings is 3. The SMILES string of the molecule is C=C1CC(NC(=O)Cc2ccc(OCc3ccc(F)cc3)cc2)(C(=O)O)C/C1=C/C(=C\C)c1ccccc1Cl. The summed E-state index contributed by atoms with van der Waals surface area (Å²) in [6.45, 7) is 6.26. The first-order valence-corrected chi connectivity index (χ1v) is 12.9. The molecule has 0 aromatic heterocycles. The highest BCUT2D eigenvalue weighted by molar-refractivity contribution is 6.32. The van der Waals surface area contributed by atoms with E-state index in [4.69, 9.17) is 16.3 Å². The summed E-state index contributed by atoms with van der Waals surface area (Å²) < 4.78 is 18.8. The quantitative estimate of drug-likeness (QED) is 0.306. The number of ether oxygens (including phenoxy) is 1. The van der Waals surface area contributed by atoms with Gasteiger partial charge in [-0.05, 0) is 70.7 Å². The lowest BCUT2D eigenvalue weighted by atomic mass is 9.95. The minimum absolute atomic E-state index is 0.0124. The van der Waals surface area contributed by atoms with Crippen molar-refractivity contribution in [3.05, 3.63) is 130 Å². The molecule has 0 heterocycles. The zero-order valence-electron chi connectivity index (χ0n) is 21.5. The fourth-order valence-corrected chi connectivity index (χ4v) is 4.83. The van der Waals surface area contributed by atoms with E-state index in [1.807, 2.05) is 37.3 Å². The van der Waals surface area contributed by atoms with E-state index < -0.39 is 17.4 Å². The Balaban J connectivity index is 1.41. The fraction of sp³-hybridized carbons (Fsp3) is 0.188. The van der Waals surface area contributed by atoms with Gasteiger partial charge in [-0.15, -0.1) is 0 Å². The molecule has 1 atom stereocenters. The largest absolute Gasteiger partial charge is 0.489 e. The van der Waals surface area contributed by atoms with E-state index in [0.717, 1.165) is 22.3 Å². The van der Waals surface area contributed by atoms with Crippen molar-refractivity contribution >= 4 is 29.1 Å². The Morgan fingerprint density at radius 2 is 1.72 bits per heavy atom. The van der Waals surface area contributed by atoms with Gasteiger partial charge < -0.3 is 15.2 Å². The third kappa shape index (κ3) is 6.84. The van der Waals surface area contributed by atoms with E-state index in [-0.39, 0.29) is 31.7 Å². The number of halogens is 2. The number of carbonyl (C=O) groups excluding carboxylic acids is 1. The molecule has 3 aromatic carbocycles. The summed E-state index contributed by atoms with van der Waals surface area (Å²) in [4.78, 5) is 25.3. The number of nitrogens with one attached hydrogen (secondary N) is 1. The van der Waals surface area contributed by atoms with Gasteiger partial charge >= 0.3 is 5.97 Å². The van der Waals surface area contributed by atoms with Crippen LogP contribution in [0.15, 0.2) is 103 Å². The third-order valence-electron chi connectivity index (χ3n) is 6.68. The fourth-order valence-electron chi connectivity index (χ4n) is 4.58. The van der Waals surface area contributed by atoms with E-state index in [1.165, 1.54) is 12.1 Å². The Bertz CT molecular complexity index is 1440. The number of carboxylic acids is 1. The van der Waals surface area contributed by atoms with Crippen LogP contribution < -0.4 is 10.1 Å². The van der Waals surface area contributed by atoms with Gasteiger partial charge in [0.15, 0.2) is 0 Å². The highest BCUT2D eigenvalue weighted by atomic mass is 35.5. The predicted octanol–water partition coefficient (Wildman–Crippen LogP) is 6.92. The molecule has 1 fully saturated rings. The lowest BCUT2D eigenvalue weighted by molar-refractivity contribution is -0.147. The van der Waals surface area contributed by atoms with E-state index in [0.29, 0.717) is 21.9 Å². The molecule has 0 radical (unpaired) electrons. The molecule has 0 aliphatic heterocycles. The molecule has 5 nitrogen and oxygen atoms in total. The molecule has 2 N–H and O–H groups in total. The summed E-state index contributed by atoms with van der Waals surface area (Å²) in [5.41, 5.74) is 3.18. The molecule has 3 aromatic rings. The van der Waals surface area contributed by atoms with E-state index in [2.05, 4.69) is 11.9 Å². The molecule has 1 aliphatic carbocycles. The lowest BCUT2D eigenvalue weighted by Gasteiger charge is -2.25. The Morgan fingerprint density at radius 1 is 1.05 bits per heavy atom. The zero-order chi connectivity index (χ0) is 28.0. The van der Waals surface area contributed by atoms with Gasteiger partial charge in [0.2, 0.25) is 5.91 Å². The Labute approximate surface area is 232 Å². The molecule has 4 rings (SSSR count). The van der Waals surface area contributed by atoms with Crippen molar-refractivity contribution in [2.45, 2.75) is 38.3 Å². The molecule has 200 valence electrons. The van der Waals surface area contributed by atoms with Crippen LogP contribution >= 0.6 is 11.6 Å². The Kier molecular flexibility index (Phi) is 8.67. The van der Waals surface area contributed by atoms with E-state index in [1.54, 1.807) is 42.5 Å². The number of aliphatic carboxylic acids is 1. The summed E-state index contributed by atoms with van der Waals surface area (Å²) in [6, 6.07) is 20.5. The maximum Gasteiger partial charge on any atom is 0.330 e. The first-order valence-electron chi connectivity index (χ1n) is 12.5. The molecule has 1 aliphatic rings. The number of carboxylic acid groups (broad SMARTS) is 1. The van der Waals surface area contributed by atoms with Crippen molar-refractivity contribution in [3.8, 4) is 5.75 Å². The number of carbonyl (C=O) groups is 2. The van der Waals surface area contributed by atoms with Gasteiger partial charge in [-0.2, -0.15) is 0 Å². The van der Waals surface area contributed by atoms with Gasteiger partial charge in [-0.25, -0.2) is 9.18 Å². The Hall–Kier alpha value is -4.16. The smallest absolute Gasteiger partial charge is 0.330 e. The molecule has 39 heavy (non-hydrogen) atoms. The topological polar surface area (TPSA) is 75.6 Å².